The molecular weight excluding hydrogens is 157 g/mol. The summed E-state index contributed by atoms with van der Waals surface area (Å²) in [6.45, 7) is 4.29. The Kier molecular flexibility index (Phi) is 7.45. The van der Waals surface area contributed by atoms with Crippen molar-refractivity contribution in [2.24, 2.45) is 5.73 Å². The van der Waals surface area contributed by atoms with Gasteiger partial charge >= 0.3 is 0 Å². The van der Waals surface area contributed by atoms with Crippen LogP contribution in [-0.2, 0) is 0 Å². The van der Waals surface area contributed by atoms with Crippen molar-refractivity contribution in [2.75, 3.05) is 0 Å². The minimum Gasteiger partial charge on any atom is -0.333 e. The molecule has 0 amide bonds. The zero-order valence-corrected chi connectivity index (χ0v) is 9.31. The monoisotopic (exact) mass is 181 g/mol. The summed E-state index contributed by atoms with van der Waals surface area (Å²) in [5.74, 6) is 0. The Morgan fingerprint density at radius 2 is 1.54 bits per heavy atom. The fourth-order valence-electron chi connectivity index (χ4n) is 1.41. The van der Waals surface area contributed by atoms with Crippen LogP contribution in [0.3, 0.4) is 0 Å². The molecule has 0 fully saturated rings. The van der Waals surface area contributed by atoms with Gasteiger partial charge in [-0.05, 0) is 18.3 Å². The lowest BCUT2D eigenvalue weighted by Gasteiger charge is -2.22. The van der Waals surface area contributed by atoms with Gasteiger partial charge in [-0.15, -0.1) is 0 Å². The van der Waals surface area contributed by atoms with Crippen LogP contribution in [0.1, 0.15) is 65.2 Å². The second kappa shape index (κ2) is 7.43. The second-order valence-corrected chi connectivity index (χ2v) is 4.10. The van der Waals surface area contributed by atoms with Crippen LogP contribution in [0.25, 0.3) is 0 Å². The number of rotatable bonds is 8. The molecule has 0 saturated carbocycles. The highest BCUT2D eigenvalue weighted by molar-refractivity contribution is 6.15. The Morgan fingerprint density at radius 3 is 2.08 bits per heavy atom. The summed E-state index contributed by atoms with van der Waals surface area (Å²) >= 11 is 0. The normalized spacial score (nSPS) is 15.6. The molecule has 0 rings (SSSR count). The third-order valence-corrected chi connectivity index (χ3v) is 2.65. The van der Waals surface area contributed by atoms with Crippen molar-refractivity contribution in [3.8, 4) is 0 Å². The van der Waals surface area contributed by atoms with Crippen LogP contribution in [-0.4, -0.2) is 13.3 Å². The maximum Gasteiger partial charge on any atom is 0.0950 e. The van der Waals surface area contributed by atoms with Crippen LogP contribution in [0.4, 0.5) is 0 Å². The first-order valence-electron chi connectivity index (χ1n) is 5.70. The summed E-state index contributed by atoms with van der Waals surface area (Å²) in [6.07, 6.45) is 9.70. The quantitative estimate of drug-likeness (QED) is 0.452. The maximum absolute atomic E-state index is 5.83. The molecule has 0 saturated heterocycles. The first kappa shape index (κ1) is 13.0. The molecule has 1 unspecified atom stereocenters. The van der Waals surface area contributed by atoms with E-state index in [1.807, 2.05) is 0 Å². The topological polar surface area (TPSA) is 26.0 Å². The summed E-state index contributed by atoms with van der Waals surface area (Å²) < 4.78 is 0. The Bertz CT molecular complexity index is 113. The molecule has 0 aromatic rings. The molecule has 0 aliphatic rings. The van der Waals surface area contributed by atoms with Crippen molar-refractivity contribution in [1.82, 2.24) is 0 Å². The molecule has 2 radical (unpaired) electrons. The lowest BCUT2D eigenvalue weighted by molar-refractivity contribution is 0.483. The Balaban J connectivity index is 3.16. The average Bonchev–Trinajstić information content (AvgIpc) is 2.11. The Labute approximate surface area is 84.9 Å². The van der Waals surface area contributed by atoms with Crippen molar-refractivity contribution in [3.63, 3.8) is 0 Å². The standard InChI is InChI=1S/C11H24BN/c1-3-5-6-7-8-9-10-11(12,13)4-2/h3-10,13H2,1-2H3. The van der Waals surface area contributed by atoms with Crippen LogP contribution in [0.2, 0.25) is 0 Å². The third kappa shape index (κ3) is 8.36. The van der Waals surface area contributed by atoms with E-state index in [9.17, 15) is 0 Å². The van der Waals surface area contributed by atoms with E-state index < -0.39 is 5.44 Å². The van der Waals surface area contributed by atoms with Gasteiger partial charge in [-0.1, -0.05) is 52.4 Å². The molecule has 1 atom stereocenters. The molecular formula is C11H24BN. The van der Waals surface area contributed by atoms with Gasteiger partial charge in [0.15, 0.2) is 0 Å². The highest BCUT2D eigenvalue weighted by Gasteiger charge is 2.13. The zero-order chi connectivity index (χ0) is 10.2. The number of hydrogen-bond donors (Lipinski definition) is 1. The molecule has 2 N–H and O–H groups in total. The maximum atomic E-state index is 5.83. The fraction of sp³-hybridized carbons (Fsp3) is 1.00. The van der Waals surface area contributed by atoms with E-state index in [4.69, 9.17) is 13.6 Å². The second-order valence-electron chi connectivity index (χ2n) is 4.10. The first-order chi connectivity index (χ1) is 6.12. The molecule has 76 valence electrons. The predicted octanol–water partition coefficient (Wildman–Crippen LogP) is 2.97. The number of unbranched alkanes of at least 4 members (excludes halogenated alkanes) is 5. The van der Waals surface area contributed by atoms with Crippen molar-refractivity contribution < 1.29 is 0 Å². The molecule has 0 bridgehead atoms. The van der Waals surface area contributed by atoms with E-state index in [0.29, 0.717) is 0 Å². The summed E-state index contributed by atoms with van der Waals surface area (Å²) in [7, 11) is 5.83. The van der Waals surface area contributed by atoms with E-state index in [1.54, 1.807) is 0 Å². The summed E-state index contributed by atoms with van der Waals surface area (Å²) in [6, 6.07) is 0. The summed E-state index contributed by atoms with van der Waals surface area (Å²) in [5.41, 5.74) is 5.42. The van der Waals surface area contributed by atoms with Gasteiger partial charge in [0.2, 0.25) is 0 Å². The van der Waals surface area contributed by atoms with Crippen molar-refractivity contribution >= 4 is 7.85 Å². The number of hydrogen-bond acceptors (Lipinski definition) is 1. The number of nitrogens with two attached hydrogens (primary N) is 1. The van der Waals surface area contributed by atoms with Crippen LogP contribution >= 0.6 is 0 Å². The molecule has 0 aliphatic carbocycles. The third-order valence-electron chi connectivity index (χ3n) is 2.65. The minimum absolute atomic E-state index is 0.412. The van der Waals surface area contributed by atoms with Gasteiger partial charge in [-0.3, -0.25) is 0 Å². The lowest BCUT2D eigenvalue weighted by atomic mass is 9.73. The average molecular weight is 181 g/mol. The SMILES string of the molecule is [B]C(N)(CC)CCCCCCCC. The molecule has 0 aliphatic heterocycles. The highest BCUT2D eigenvalue weighted by Crippen LogP contribution is 2.13. The summed E-state index contributed by atoms with van der Waals surface area (Å²) in [4.78, 5) is 0. The Hall–Kier alpha value is 0.0249. The molecule has 0 aromatic carbocycles. The van der Waals surface area contributed by atoms with Crippen LogP contribution in [0.15, 0.2) is 0 Å². The fourth-order valence-corrected chi connectivity index (χ4v) is 1.41. The van der Waals surface area contributed by atoms with Crippen molar-refractivity contribution in [1.29, 1.82) is 0 Å². The van der Waals surface area contributed by atoms with Gasteiger partial charge in [0.25, 0.3) is 0 Å². The molecule has 0 aromatic heterocycles. The summed E-state index contributed by atoms with van der Waals surface area (Å²) in [5, 5.41) is 0. The molecule has 0 spiro atoms. The van der Waals surface area contributed by atoms with E-state index in [-0.39, 0.29) is 0 Å². The first-order valence-corrected chi connectivity index (χ1v) is 5.70. The van der Waals surface area contributed by atoms with E-state index in [1.165, 1.54) is 38.5 Å². The molecule has 0 heterocycles. The molecule has 13 heavy (non-hydrogen) atoms. The van der Waals surface area contributed by atoms with Gasteiger partial charge in [0, 0.05) is 0 Å². The smallest absolute Gasteiger partial charge is 0.0950 e. The van der Waals surface area contributed by atoms with E-state index >= 15 is 0 Å². The van der Waals surface area contributed by atoms with Gasteiger partial charge < -0.3 is 5.73 Å². The van der Waals surface area contributed by atoms with Crippen LogP contribution in [0.5, 0.6) is 0 Å². The zero-order valence-electron chi connectivity index (χ0n) is 9.31. The molecule has 2 heteroatoms. The minimum atomic E-state index is -0.412. The van der Waals surface area contributed by atoms with Gasteiger partial charge in [-0.25, -0.2) is 0 Å². The Morgan fingerprint density at radius 1 is 1.00 bits per heavy atom. The van der Waals surface area contributed by atoms with Crippen LogP contribution in [0, 0.1) is 0 Å². The lowest BCUT2D eigenvalue weighted by Crippen LogP contribution is -2.39. The van der Waals surface area contributed by atoms with E-state index in [0.717, 1.165) is 12.8 Å². The van der Waals surface area contributed by atoms with Crippen LogP contribution < -0.4 is 5.73 Å². The van der Waals surface area contributed by atoms with Gasteiger partial charge in [-0.2, -0.15) is 0 Å². The van der Waals surface area contributed by atoms with Crippen molar-refractivity contribution in [2.45, 2.75) is 70.7 Å². The van der Waals surface area contributed by atoms with Gasteiger partial charge in [0.1, 0.15) is 0 Å². The predicted molar refractivity (Wildman–Crippen MR) is 61.0 cm³/mol. The highest BCUT2D eigenvalue weighted by atomic mass is 14.7. The van der Waals surface area contributed by atoms with Crippen molar-refractivity contribution in [3.05, 3.63) is 0 Å². The largest absolute Gasteiger partial charge is 0.333 e. The van der Waals surface area contributed by atoms with Gasteiger partial charge in [0.05, 0.1) is 7.85 Å². The van der Waals surface area contributed by atoms with E-state index in [2.05, 4.69) is 13.8 Å². The molecule has 1 nitrogen and oxygen atoms in total.